The lowest BCUT2D eigenvalue weighted by atomic mass is 10.2. The molecule has 0 aliphatic carbocycles. The third-order valence-corrected chi connectivity index (χ3v) is 5.36. The molecular formula is C11H14N2O4S. The first-order chi connectivity index (χ1) is 8.50. The van der Waals surface area contributed by atoms with E-state index in [1.165, 1.54) is 6.07 Å². The number of nitrogens with zero attached hydrogens (tertiary/aromatic N) is 1. The van der Waals surface area contributed by atoms with Crippen LogP contribution in [0.4, 0.5) is 11.4 Å². The van der Waals surface area contributed by atoms with Crippen molar-refractivity contribution in [2.75, 3.05) is 17.6 Å². The van der Waals surface area contributed by atoms with Crippen molar-refractivity contribution >= 4 is 21.2 Å². The van der Waals surface area contributed by atoms with E-state index in [4.69, 9.17) is 0 Å². The van der Waals surface area contributed by atoms with Crippen molar-refractivity contribution in [2.45, 2.75) is 18.1 Å². The summed E-state index contributed by atoms with van der Waals surface area (Å²) in [6.07, 6.45) is 1.29. The first-order valence-electron chi connectivity index (χ1n) is 5.69. The van der Waals surface area contributed by atoms with Crippen molar-refractivity contribution in [3.8, 4) is 0 Å². The zero-order valence-corrected chi connectivity index (χ0v) is 10.5. The number of sulfone groups is 1. The number of anilines is 1. The molecule has 1 N–H and O–H groups in total. The van der Waals surface area contributed by atoms with Crippen LogP contribution in [0.5, 0.6) is 0 Å². The highest BCUT2D eigenvalue weighted by Crippen LogP contribution is 2.25. The summed E-state index contributed by atoms with van der Waals surface area (Å²) in [4.78, 5) is 10.3. The van der Waals surface area contributed by atoms with Crippen molar-refractivity contribution < 1.29 is 13.3 Å². The molecule has 0 radical (unpaired) electrons. The second-order valence-corrected chi connectivity index (χ2v) is 6.69. The molecule has 1 atom stereocenters. The first kappa shape index (κ1) is 12.8. The molecule has 1 aromatic carbocycles. The Labute approximate surface area is 105 Å². The number of benzene rings is 1. The minimum absolute atomic E-state index is 0.0344. The van der Waals surface area contributed by atoms with Crippen molar-refractivity contribution in [3.05, 3.63) is 34.4 Å². The predicted molar refractivity (Wildman–Crippen MR) is 68.4 cm³/mol. The molecule has 0 amide bonds. The van der Waals surface area contributed by atoms with Crippen molar-refractivity contribution in [1.82, 2.24) is 0 Å². The van der Waals surface area contributed by atoms with E-state index < -0.39 is 20.0 Å². The maximum Gasteiger partial charge on any atom is 0.292 e. The molecular weight excluding hydrogens is 256 g/mol. The average molecular weight is 270 g/mol. The third kappa shape index (κ3) is 2.61. The number of hydrogen-bond donors (Lipinski definition) is 1. The van der Waals surface area contributed by atoms with E-state index in [1.807, 2.05) is 0 Å². The summed E-state index contributed by atoms with van der Waals surface area (Å²) in [5.41, 5.74) is 0.331. The predicted octanol–water partition coefficient (Wildman–Crippen LogP) is 1.58. The fraction of sp³-hybridized carbons (Fsp3) is 0.455. The summed E-state index contributed by atoms with van der Waals surface area (Å²) in [5, 5.41) is 13.2. The van der Waals surface area contributed by atoms with Crippen LogP contribution in [0.15, 0.2) is 24.3 Å². The monoisotopic (exact) mass is 270 g/mol. The van der Waals surface area contributed by atoms with E-state index in [0.29, 0.717) is 18.5 Å². The van der Waals surface area contributed by atoms with Gasteiger partial charge in [0, 0.05) is 12.6 Å². The lowest BCUT2D eigenvalue weighted by Crippen LogP contribution is -2.25. The number of nitro groups is 1. The van der Waals surface area contributed by atoms with Gasteiger partial charge in [0.1, 0.15) is 5.69 Å². The number of nitro benzene ring substituents is 1. The van der Waals surface area contributed by atoms with Crippen LogP contribution in [0.2, 0.25) is 0 Å². The van der Waals surface area contributed by atoms with Gasteiger partial charge in [0.05, 0.1) is 15.9 Å². The second kappa shape index (κ2) is 4.93. The van der Waals surface area contributed by atoms with E-state index in [9.17, 15) is 18.5 Å². The number of nitrogens with one attached hydrogen (secondary N) is 1. The Hall–Kier alpha value is -1.63. The molecule has 1 saturated heterocycles. The smallest absolute Gasteiger partial charge is 0.292 e. The Bertz CT molecular complexity index is 556. The van der Waals surface area contributed by atoms with Gasteiger partial charge in [0.25, 0.3) is 5.69 Å². The van der Waals surface area contributed by atoms with Gasteiger partial charge >= 0.3 is 0 Å². The molecule has 7 heteroatoms. The average Bonchev–Trinajstić information content (AvgIpc) is 2.66. The Kier molecular flexibility index (Phi) is 3.51. The summed E-state index contributed by atoms with van der Waals surface area (Å²) >= 11 is 0. The van der Waals surface area contributed by atoms with Gasteiger partial charge in [0.2, 0.25) is 0 Å². The standard InChI is InChI=1S/C11H14N2O4S/c14-13(15)11-6-2-1-5-10(11)12-8-9-4-3-7-18(9,16)17/h1-2,5-6,9,12H,3-4,7-8H2. The molecule has 0 spiro atoms. The molecule has 1 unspecified atom stereocenters. The third-order valence-electron chi connectivity index (χ3n) is 3.08. The topological polar surface area (TPSA) is 89.3 Å². The van der Waals surface area contributed by atoms with Gasteiger partial charge in [-0.25, -0.2) is 8.42 Å². The minimum atomic E-state index is -3.02. The largest absolute Gasteiger partial charge is 0.378 e. The van der Waals surface area contributed by atoms with Crippen molar-refractivity contribution in [2.24, 2.45) is 0 Å². The molecule has 0 saturated carbocycles. The Morgan fingerprint density at radius 1 is 1.39 bits per heavy atom. The zero-order chi connectivity index (χ0) is 13.2. The number of hydrogen-bond acceptors (Lipinski definition) is 5. The van der Waals surface area contributed by atoms with Crippen molar-refractivity contribution in [1.29, 1.82) is 0 Å². The molecule has 98 valence electrons. The van der Waals surface area contributed by atoms with E-state index >= 15 is 0 Å². The Balaban J connectivity index is 2.09. The summed E-state index contributed by atoms with van der Waals surface area (Å²) in [6.45, 7) is 0.229. The van der Waals surface area contributed by atoms with Crippen LogP contribution >= 0.6 is 0 Å². The molecule has 6 nitrogen and oxygen atoms in total. The minimum Gasteiger partial charge on any atom is -0.378 e. The highest BCUT2D eigenvalue weighted by molar-refractivity contribution is 7.92. The molecule has 1 aliphatic heterocycles. The molecule has 1 fully saturated rings. The van der Waals surface area contributed by atoms with Crippen LogP contribution in [-0.4, -0.2) is 30.9 Å². The Morgan fingerprint density at radius 3 is 2.72 bits per heavy atom. The van der Waals surface area contributed by atoms with Crippen molar-refractivity contribution in [3.63, 3.8) is 0 Å². The second-order valence-electron chi connectivity index (χ2n) is 4.29. The van der Waals surface area contributed by atoms with Gasteiger partial charge in [-0.05, 0) is 18.9 Å². The quantitative estimate of drug-likeness (QED) is 0.662. The van der Waals surface area contributed by atoms with E-state index in [1.54, 1.807) is 18.2 Å². The zero-order valence-electron chi connectivity index (χ0n) is 9.70. The molecule has 0 aromatic heterocycles. The fourth-order valence-electron chi connectivity index (χ4n) is 2.09. The van der Waals surface area contributed by atoms with Crippen LogP contribution in [0.1, 0.15) is 12.8 Å². The summed E-state index contributed by atoms with van der Waals surface area (Å²) < 4.78 is 23.3. The van der Waals surface area contributed by atoms with E-state index in [-0.39, 0.29) is 18.0 Å². The van der Waals surface area contributed by atoms with Gasteiger partial charge in [-0.15, -0.1) is 0 Å². The van der Waals surface area contributed by atoms with Crippen LogP contribution in [0.25, 0.3) is 0 Å². The van der Waals surface area contributed by atoms with Gasteiger partial charge in [0.15, 0.2) is 9.84 Å². The van der Waals surface area contributed by atoms with E-state index in [2.05, 4.69) is 5.32 Å². The number of rotatable bonds is 4. The van der Waals surface area contributed by atoms with Gasteiger partial charge in [-0.3, -0.25) is 10.1 Å². The normalized spacial score (nSPS) is 21.7. The lowest BCUT2D eigenvalue weighted by molar-refractivity contribution is -0.384. The Morgan fingerprint density at radius 2 is 2.11 bits per heavy atom. The fourth-order valence-corrected chi connectivity index (χ4v) is 3.86. The molecule has 0 bridgehead atoms. The van der Waals surface area contributed by atoms with E-state index in [0.717, 1.165) is 0 Å². The molecule has 1 heterocycles. The highest BCUT2D eigenvalue weighted by Gasteiger charge is 2.31. The van der Waals surface area contributed by atoms with Gasteiger partial charge in [-0.1, -0.05) is 12.1 Å². The lowest BCUT2D eigenvalue weighted by Gasteiger charge is -2.11. The molecule has 2 rings (SSSR count). The van der Waals surface area contributed by atoms with Crippen LogP contribution in [-0.2, 0) is 9.84 Å². The van der Waals surface area contributed by atoms with Gasteiger partial charge < -0.3 is 5.32 Å². The maximum atomic E-state index is 11.6. The maximum absolute atomic E-state index is 11.6. The van der Waals surface area contributed by atoms with Crippen LogP contribution < -0.4 is 5.32 Å². The summed E-state index contributed by atoms with van der Waals surface area (Å²) in [7, 11) is -3.02. The summed E-state index contributed by atoms with van der Waals surface area (Å²) in [5.74, 6) is 0.218. The van der Waals surface area contributed by atoms with Gasteiger partial charge in [-0.2, -0.15) is 0 Å². The molecule has 1 aliphatic rings. The molecule has 1 aromatic rings. The van der Waals surface area contributed by atoms with Crippen LogP contribution in [0.3, 0.4) is 0 Å². The summed E-state index contributed by atoms with van der Waals surface area (Å²) in [6, 6.07) is 6.24. The van der Waals surface area contributed by atoms with Crippen LogP contribution in [0, 0.1) is 10.1 Å². The first-order valence-corrected chi connectivity index (χ1v) is 7.41. The highest BCUT2D eigenvalue weighted by atomic mass is 32.2. The number of para-hydroxylation sites is 2. The SMILES string of the molecule is O=[N+]([O-])c1ccccc1NCC1CCCS1(=O)=O. The molecule has 18 heavy (non-hydrogen) atoms.